The number of carbonyl (C=O) groups is 2. The van der Waals surface area contributed by atoms with Crippen molar-refractivity contribution in [2.45, 2.75) is 19.4 Å². The van der Waals surface area contributed by atoms with Crippen LogP contribution in [0.4, 0.5) is 5.69 Å². The lowest BCUT2D eigenvalue weighted by Crippen LogP contribution is -2.38. The van der Waals surface area contributed by atoms with Gasteiger partial charge in [0, 0.05) is 11.7 Å². The van der Waals surface area contributed by atoms with Crippen LogP contribution >= 0.6 is 0 Å². The van der Waals surface area contributed by atoms with E-state index in [1.165, 1.54) is 0 Å². The number of nitrogens with zero attached hydrogens (tertiary/aromatic N) is 1. The zero-order chi connectivity index (χ0) is 20.2. The summed E-state index contributed by atoms with van der Waals surface area (Å²) in [5.41, 5.74) is 2.29. The van der Waals surface area contributed by atoms with Crippen LogP contribution in [0.3, 0.4) is 0 Å². The summed E-state index contributed by atoms with van der Waals surface area (Å²) in [6.07, 6.45) is 0.795. The van der Waals surface area contributed by atoms with Gasteiger partial charge in [-0.05, 0) is 49.2 Å². The average Bonchev–Trinajstić information content (AvgIpc) is 3.08. The highest BCUT2D eigenvalue weighted by Gasteiger charge is 2.31. The van der Waals surface area contributed by atoms with E-state index in [9.17, 15) is 9.59 Å². The Hall–Kier alpha value is -3.60. The van der Waals surface area contributed by atoms with Gasteiger partial charge in [0.15, 0.2) is 6.61 Å². The van der Waals surface area contributed by atoms with Gasteiger partial charge in [0.25, 0.3) is 5.91 Å². The second-order valence-electron chi connectivity index (χ2n) is 6.93. The molecule has 0 aliphatic carbocycles. The SMILES string of the molecule is C[C@@H]1Cc2ccccc2N1C(=O)COC(=O)c1ccccc1Oc1ccccc1. The molecule has 4 rings (SSSR count). The number of carbonyl (C=O) groups excluding carboxylic acids is 2. The average molecular weight is 387 g/mol. The number of amides is 1. The molecule has 29 heavy (non-hydrogen) atoms. The molecule has 1 amide bonds. The van der Waals surface area contributed by atoms with Crippen LogP contribution in [0.25, 0.3) is 0 Å². The van der Waals surface area contributed by atoms with Crippen LogP contribution in [-0.4, -0.2) is 24.5 Å². The van der Waals surface area contributed by atoms with Crippen LogP contribution in [0.15, 0.2) is 78.9 Å². The summed E-state index contributed by atoms with van der Waals surface area (Å²) in [5.74, 6) is 0.171. The van der Waals surface area contributed by atoms with E-state index < -0.39 is 5.97 Å². The van der Waals surface area contributed by atoms with E-state index >= 15 is 0 Å². The molecule has 1 heterocycles. The van der Waals surface area contributed by atoms with E-state index in [1.807, 2.05) is 49.4 Å². The van der Waals surface area contributed by atoms with E-state index in [0.29, 0.717) is 11.5 Å². The predicted octanol–water partition coefficient (Wildman–Crippen LogP) is 4.61. The van der Waals surface area contributed by atoms with Crippen molar-refractivity contribution < 1.29 is 19.1 Å². The first-order chi connectivity index (χ1) is 14.1. The number of anilines is 1. The summed E-state index contributed by atoms with van der Waals surface area (Å²) in [6.45, 7) is 1.67. The van der Waals surface area contributed by atoms with Crippen molar-refractivity contribution in [2.24, 2.45) is 0 Å². The maximum atomic E-state index is 12.7. The highest BCUT2D eigenvalue weighted by molar-refractivity contribution is 5.99. The Bertz CT molecular complexity index is 1030. The molecule has 0 N–H and O–H groups in total. The molecule has 0 radical (unpaired) electrons. The summed E-state index contributed by atoms with van der Waals surface area (Å²) in [4.78, 5) is 27.1. The second-order valence-corrected chi connectivity index (χ2v) is 6.93. The zero-order valence-electron chi connectivity index (χ0n) is 16.1. The smallest absolute Gasteiger partial charge is 0.342 e. The summed E-state index contributed by atoms with van der Waals surface area (Å²) < 4.78 is 11.1. The quantitative estimate of drug-likeness (QED) is 0.600. The molecule has 0 saturated carbocycles. The summed E-state index contributed by atoms with van der Waals surface area (Å²) >= 11 is 0. The Balaban J connectivity index is 1.45. The van der Waals surface area contributed by atoms with Crippen LogP contribution in [0, 0.1) is 0 Å². The molecule has 0 saturated heterocycles. The highest BCUT2D eigenvalue weighted by Crippen LogP contribution is 2.32. The molecule has 5 heteroatoms. The Morgan fingerprint density at radius 3 is 2.45 bits per heavy atom. The molecule has 3 aromatic carbocycles. The van der Waals surface area contributed by atoms with E-state index in [-0.39, 0.29) is 24.1 Å². The molecule has 1 aliphatic heterocycles. The third-order valence-corrected chi connectivity index (χ3v) is 4.88. The lowest BCUT2D eigenvalue weighted by atomic mass is 10.1. The molecule has 0 bridgehead atoms. The second kappa shape index (κ2) is 8.19. The first kappa shape index (κ1) is 18.7. The van der Waals surface area contributed by atoms with Gasteiger partial charge in [-0.3, -0.25) is 4.79 Å². The fraction of sp³-hybridized carbons (Fsp3) is 0.167. The lowest BCUT2D eigenvalue weighted by Gasteiger charge is -2.22. The fourth-order valence-electron chi connectivity index (χ4n) is 3.56. The normalized spacial score (nSPS) is 14.9. The molecule has 0 unspecified atom stereocenters. The number of rotatable bonds is 5. The van der Waals surface area contributed by atoms with Gasteiger partial charge >= 0.3 is 5.97 Å². The van der Waals surface area contributed by atoms with Crippen molar-refractivity contribution in [3.8, 4) is 11.5 Å². The van der Waals surface area contributed by atoms with Crippen LogP contribution in [0.5, 0.6) is 11.5 Å². The molecule has 0 aromatic heterocycles. The molecule has 1 aliphatic rings. The molecule has 0 fully saturated rings. The van der Waals surface area contributed by atoms with Crippen LogP contribution in [0.1, 0.15) is 22.8 Å². The van der Waals surface area contributed by atoms with Gasteiger partial charge in [-0.25, -0.2) is 4.79 Å². The summed E-state index contributed by atoms with van der Waals surface area (Å²) in [7, 11) is 0. The fourth-order valence-corrected chi connectivity index (χ4v) is 3.56. The minimum Gasteiger partial charge on any atom is -0.456 e. The molecule has 0 spiro atoms. The van der Waals surface area contributed by atoms with E-state index in [4.69, 9.17) is 9.47 Å². The van der Waals surface area contributed by atoms with Gasteiger partial charge in [-0.2, -0.15) is 0 Å². The van der Waals surface area contributed by atoms with Crippen LogP contribution in [-0.2, 0) is 16.0 Å². The maximum absolute atomic E-state index is 12.7. The van der Waals surface area contributed by atoms with Gasteiger partial charge in [0.1, 0.15) is 17.1 Å². The number of hydrogen-bond acceptors (Lipinski definition) is 4. The molecule has 3 aromatic rings. The number of benzene rings is 3. The summed E-state index contributed by atoms with van der Waals surface area (Å²) in [6, 6.07) is 23.9. The van der Waals surface area contributed by atoms with E-state index in [2.05, 4.69) is 0 Å². The number of fused-ring (bicyclic) bond motifs is 1. The maximum Gasteiger partial charge on any atom is 0.342 e. The van der Waals surface area contributed by atoms with E-state index in [1.54, 1.807) is 41.3 Å². The predicted molar refractivity (Wildman–Crippen MR) is 110 cm³/mol. The Morgan fingerprint density at radius 1 is 0.931 bits per heavy atom. The minimum absolute atomic E-state index is 0.0345. The van der Waals surface area contributed by atoms with Gasteiger partial charge in [0.05, 0.1) is 0 Å². The largest absolute Gasteiger partial charge is 0.456 e. The Kier molecular flexibility index (Phi) is 5.29. The van der Waals surface area contributed by atoms with Gasteiger partial charge in [-0.1, -0.05) is 48.5 Å². The third kappa shape index (κ3) is 3.99. The minimum atomic E-state index is -0.593. The first-order valence-corrected chi connectivity index (χ1v) is 9.52. The topological polar surface area (TPSA) is 55.8 Å². The zero-order valence-corrected chi connectivity index (χ0v) is 16.1. The van der Waals surface area contributed by atoms with Gasteiger partial charge < -0.3 is 14.4 Å². The number of ether oxygens (including phenoxy) is 2. The van der Waals surface area contributed by atoms with Gasteiger partial charge in [-0.15, -0.1) is 0 Å². The van der Waals surface area contributed by atoms with Crippen molar-refractivity contribution in [2.75, 3.05) is 11.5 Å². The number of para-hydroxylation sites is 3. The standard InChI is InChI=1S/C24H21NO4/c1-17-15-18-9-5-7-13-21(18)25(17)23(26)16-28-24(27)20-12-6-8-14-22(20)29-19-10-3-2-4-11-19/h2-14,17H,15-16H2,1H3/t17-/m1/s1. The molecule has 146 valence electrons. The van der Waals surface area contributed by atoms with Crippen molar-refractivity contribution in [1.82, 2.24) is 0 Å². The lowest BCUT2D eigenvalue weighted by molar-refractivity contribution is -0.122. The number of esters is 1. The van der Waals surface area contributed by atoms with Crippen molar-refractivity contribution >= 4 is 17.6 Å². The molecule has 5 nitrogen and oxygen atoms in total. The summed E-state index contributed by atoms with van der Waals surface area (Å²) in [5, 5.41) is 0. The Labute approximate surface area is 169 Å². The number of hydrogen-bond donors (Lipinski definition) is 0. The van der Waals surface area contributed by atoms with Gasteiger partial charge in [0.2, 0.25) is 0 Å². The molecular formula is C24H21NO4. The molecular weight excluding hydrogens is 366 g/mol. The Morgan fingerprint density at radius 2 is 1.62 bits per heavy atom. The van der Waals surface area contributed by atoms with E-state index in [0.717, 1.165) is 17.7 Å². The van der Waals surface area contributed by atoms with Crippen LogP contribution in [0.2, 0.25) is 0 Å². The van der Waals surface area contributed by atoms with Crippen LogP contribution < -0.4 is 9.64 Å². The van der Waals surface area contributed by atoms with Crippen molar-refractivity contribution in [3.05, 3.63) is 90.0 Å². The highest BCUT2D eigenvalue weighted by atomic mass is 16.5. The monoisotopic (exact) mass is 387 g/mol. The van der Waals surface area contributed by atoms with Crippen molar-refractivity contribution in [3.63, 3.8) is 0 Å². The first-order valence-electron chi connectivity index (χ1n) is 9.52. The molecule has 1 atom stereocenters. The third-order valence-electron chi connectivity index (χ3n) is 4.88. The van der Waals surface area contributed by atoms with Crippen molar-refractivity contribution in [1.29, 1.82) is 0 Å².